The highest BCUT2D eigenvalue weighted by molar-refractivity contribution is 5.88. The van der Waals surface area contributed by atoms with Crippen molar-refractivity contribution in [3.8, 4) is 11.6 Å². The number of aromatic nitrogens is 1. The Morgan fingerprint density at radius 3 is 2.79 bits per heavy atom. The van der Waals surface area contributed by atoms with Crippen LogP contribution in [0.3, 0.4) is 0 Å². The van der Waals surface area contributed by atoms with Crippen molar-refractivity contribution in [3.63, 3.8) is 0 Å². The molecule has 1 aromatic carbocycles. The Morgan fingerprint density at radius 2 is 2.04 bits per heavy atom. The molecular formula is C20H26N2O6. The number of amides is 1. The zero-order chi connectivity index (χ0) is 19.5. The van der Waals surface area contributed by atoms with Crippen LogP contribution in [0.1, 0.15) is 32.1 Å². The zero-order valence-electron chi connectivity index (χ0n) is 16.0. The van der Waals surface area contributed by atoms with Crippen LogP contribution in [0.5, 0.6) is 11.6 Å². The molecule has 0 radical (unpaired) electrons. The lowest BCUT2D eigenvalue weighted by Crippen LogP contribution is -2.38. The SMILES string of the molecule is COC1CCCC1Oc1cccc2onc(OCC3CCN(C(=O)O)CC3)c12. The number of fused-ring (bicyclic) bond motifs is 1. The van der Waals surface area contributed by atoms with Crippen LogP contribution in [-0.2, 0) is 4.74 Å². The number of nitrogens with zero attached hydrogens (tertiary/aromatic N) is 2. The Hall–Kier alpha value is -2.48. The van der Waals surface area contributed by atoms with Gasteiger partial charge in [-0.2, -0.15) is 0 Å². The van der Waals surface area contributed by atoms with Gasteiger partial charge in [0.15, 0.2) is 5.58 Å². The molecule has 4 rings (SSSR count). The number of hydrogen-bond donors (Lipinski definition) is 1. The highest BCUT2D eigenvalue weighted by Gasteiger charge is 2.30. The van der Waals surface area contributed by atoms with Crippen LogP contribution in [0.25, 0.3) is 11.0 Å². The molecule has 1 saturated heterocycles. The number of hydrogen-bond acceptors (Lipinski definition) is 6. The topological polar surface area (TPSA) is 94.3 Å². The van der Waals surface area contributed by atoms with Crippen LogP contribution in [-0.4, -0.2) is 60.3 Å². The third-order valence-electron chi connectivity index (χ3n) is 5.74. The maximum atomic E-state index is 11.0. The molecule has 152 valence electrons. The standard InChI is InChI=1S/C20H26N2O6/c1-25-14-4-2-5-15(14)27-16-6-3-7-17-18(16)19(21-28-17)26-12-13-8-10-22(11-9-13)20(23)24/h3,6-7,13-15H,2,4-5,8-12H2,1H3,(H,23,24). The summed E-state index contributed by atoms with van der Waals surface area (Å²) in [5, 5.41) is 13.9. The smallest absolute Gasteiger partial charge is 0.407 e. The summed E-state index contributed by atoms with van der Waals surface area (Å²) in [5.41, 5.74) is 0.625. The molecular weight excluding hydrogens is 364 g/mol. The van der Waals surface area contributed by atoms with Crippen molar-refractivity contribution in [1.29, 1.82) is 0 Å². The molecule has 1 aliphatic carbocycles. The van der Waals surface area contributed by atoms with Gasteiger partial charge in [-0.25, -0.2) is 4.79 Å². The molecule has 8 heteroatoms. The summed E-state index contributed by atoms with van der Waals surface area (Å²) < 4.78 is 23.2. The molecule has 2 aliphatic rings. The largest absolute Gasteiger partial charge is 0.487 e. The summed E-state index contributed by atoms with van der Waals surface area (Å²) in [6.45, 7) is 1.56. The van der Waals surface area contributed by atoms with Crippen molar-refractivity contribution < 1.29 is 28.6 Å². The van der Waals surface area contributed by atoms with Crippen LogP contribution in [0.2, 0.25) is 0 Å². The molecule has 2 unspecified atom stereocenters. The average Bonchev–Trinajstić information content (AvgIpc) is 3.33. The molecule has 1 aromatic heterocycles. The summed E-state index contributed by atoms with van der Waals surface area (Å²) >= 11 is 0. The predicted molar refractivity (Wildman–Crippen MR) is 101 cm³/mol. The van der Waals surface area contributed by atoms with Gasteiger partial charge in [-0.05, 0) is 55.3 Å². The van der Waals surface area contributed by atoms with Crippen molar-refractivity contribution in [2.45, 2.75) is 44.3 Å². The number of rotatable bonds is 6. The van der Waals surface area contributed by atoms with Gasteiger partial charge in [0, 0.05) is 20.2 Å². The summed E-state index contributed by atoms with van der Waals surface area (Å²) in [6.07, 6.45) is 3.85. The molecule has 8 nitrogen and oxygen atoms in total. The van der Waals surface area contributed by atoms with E-state index in [-0.39, 0.29) is 12.2 Å². The fourth-order valence-electron chi connectivity index (χ4n) is 4.08. The first-order valence-corrected chi connectivity index (χ1v) is 9.84. The highest BCUT2D eigenvalue weighted by Crippen LogP contribution is 2.37. The monoisotopic (exact) mass is 390 g/mol. The van der Waals surface area contributed by atoms with E-state index in [0.29, 0.717) is 42.8 Å². The molecule has 1 amide bonds. The summed E-state index contributed by atoms with van der Waals surface area (Å²) in [4.78, 5) is 12.5. The molecule has 0 spiro atoms. The van der Waals surface area contributed by atoms with Gasteiger partial charge in [-0.3, -0.25) is 0 Å². The highest BCUT2D eigenvalue weighted by atomic mass is 16.5. The van der Waals surface area contributed by atoms with E-state index in [1.165, 1.54) is 4.90 Å². The van der Waals surface area contributed by atoms with Gasteiger partial charge < -0.3 is 28.7 Å². The summed E-state index contributed by atoms with van der Waals surface area (Å²) in [5.74, 6) is 1.42. The van der Waals surface area contributed by atoms with Gasteiger partial charge in [0.2, 0.25) is 0 Å². The van der Waals surface area contributed by atoms with Crippen LogP contribution < -0.4 is 9.47 Å². The molecule has 1 N–H and O–H groups in total. The van der Waals surface area contributed by atoms with Gasteiger partial charge in [-0.15, -0.1) is 0 Å². The minimum atomic E-state index is -0.857. The van der Waals surface area contributed by atoms with E-state index in [1.807, 2.05) is 18.2 Å². The van der Waals surface area contributed by atoms with E-state index >= 15 is 0 Å². The van der Waals surface area contributed by atoms with Gasteiger partial charge in [0.1, 0.15) is 17.2 Å². The number of piperidine rings is 1. The predicted octanol–water partition coefficient (Wildman–Crippen LogP) is 3.54. The molecule has 1 saturated carbocycles. The lowest BCUT2D eigenvalue weighted by atomic mass is 9.98. The zero-order valence-corrected chi connectivity index (χ0v) is 16.0. The second-order valence-electron chi connectivity index (χ2n) is 7.50. The minimum absolute atomic E-state index is 0.0127. The fourth-order valence-corrected chi connectivity index (χ4v) is 4.08. The Morgan fingerprint density at radius 1 is 1.25 bits per heavy atom. The van der Waals surface area contributed by atoms with Gasteiger partial charge in [0.05, 0.1) is 12.7 Å². The van der Waals surface area contributed by atoms with E-state index in [4.69, 9.17) is 23.8 Å². The minimum Gasteiger partial charge on any atom is -0.487 e. The Labute approximate surface area is 163 Å². The van der Waals surface area contributed by atoms with Crippen molar-refractivity contribution in [3.05, 3.63) is 18.2 Å². The molecule has 2 heterocycles. The fraction of sp³-hybridized carbons (Fsp3) is 0.600. The van der Waals surface area contributed by atoms with E-state index < -0.39 is 6.09 Å². The van der Waals surface area contributed by atoms with Crippen molar-refractivity contribution in [2.24, 2.45) is 5.92 Å². The van der Waals surface area contributed by atoms with E-state index in [0.717, 1.165) is 37.5 Å². The molecule has 0 bridgehead atoms. The average molecular weight is 390 g/mol. The lowest BCUT2D eigenvalue weighted by molar-refractivity contribution is 0.0235. The van der Waals surface area contributed by atoms with E-state index in [2.05, 4.69) is 5.16 Å². The van der Waals surface area contributed by atoms with Crippen molar-refractivity contribution in [2.75, 3.05) is 26.8 Å². The number of carboxylic acid groups (broad SMARTS) is 1. The third kappa shape index (κ3) is 3.87. The molecule has 2 aromatic rings. The molecule has 1 aliphatic heterocycles. The van der Waals surface area contributed by atoms with Gasteiger partial charge >= 0.3 is 6.09 Å². The van der Waals surface area contributed by atoms with Crippen molar-refractivity contribution >= 4 is 17.1 Å². The number of benzene rings is 1. The van der Waals surface area contributed by atoms with Crippen molar-refractivity contribution in [1.82, 2.24) is 10.1 Å². The number of methoxy groups -OCH3 is 1. The maximum absolute atomic E-state index is 11.0. The van der Waals surface area contributed by atoms with Gasteiger partial charge in [0.25, 0.3) is 5.88 Å². The maximum Gasteiger partial charge on any atom is 0.407 e. The van der Waals surface area contributed by atoms with E-state index in [1.54, 1.807) is 7.11 Å². The van der Waals surface area contributed by atoms with Gasteiger partial charge in [-0.1, -0.05) is 6.07 Å². The number of carbonyl (C=O) groups is 1. The normalized spacial score (nSPS) is 23.2. The first kappa shape index (κ1) is 18.9. The Bertz CT molecular complexity index is 814. The van der Waals surface area contributed by atoms with Crippen LogP contribution >= 0.6 is 0 Å². The first-order chi connectivity index (χ1) is 13.7. The first-order valence-electron chi connectivity index (χ1n) is 9.84. The molecule has 28 heavy (non-hydrogen) atoms. The number of likely N-dealkylation sites (tertiary alicyclic amines) is 1. The van der Waals surface area contributed by atoms with E-state index in [9.17, 15) is 4.79 Å². The second kappa shape index (κ2) is 8.26. The summed E-state index contributed by atoms with van der Waals surface area (Å²) in [6, 6.07) is 5.63. The number of ether oxygens (including phenoxy) is 3. The van der Waals surface area contributed by atoms with Crippen LogP contribution in [0.15, 0.2) is 22.7 Å². The van der Waals surface area contributed by atoms with Crippen LogP contribution in [0, 0.1) is 5.92 Å². The van der Waals surface area contributed by atoms with Crippen LogP contribution in [0.4, 0.5) is 4.79 Å². The molecule has 2 fully saturated rings. The quantitative estimate of drug-likeness (QED) is 0.806. The third-order valence-corrected chi connectivity index (χ3v) is 5.74. The lowest BCUT2D eigenvalue weighted by Gasteiger charge is -2.29. The molecule has 2 atom stereocenters. The Balaban J connectivity index is 1.44. The summed E-state index contributed by atoms with van der Waals surface area (Å²) in [7, 11) is 1.72. The second-order valence-corrected chi connectivity index (χ2v) is 7.50. The Kier molecular flexibility index (Phi) is 5.57.